The molecule has 0 amide bonds. The van der Waals surface area contributed by atoms with Crippen molar-refractivity contribution in [3.8, 4) is 17.2 Å². The number of benzene rings is 3. The summed E-state index contributed by atoms with van der Waals surface area (Å²) in [5, 5.41) is 0. The molecule has 0 bridgehead atoms. The normalized spacial score (nSPS) is 22.1. The number of halogens is 1. The van der Waals surface area contributed by atoms with Gasteiger partial charge in [0.25, 0.3) is 0 Å². The molecule has 0 unspecified atom stereocenters. The minimum absolute atomic E-state index is 0. The van der Waals surface area contributed by atoms with Gasteiger partial charge in [-0.25, -0.2) is 0 Å². The molecule has 6 aliphatic rings. The first-order valence-electron chi connectivity index (χ1n) is 26.0. The minimum atomic E-state index is -0.300. The van der Waals surface area contributed by atoms with Crippen molar-refractivity contribution in [3.05, 3.63) is 69.8 Å². The number of hydrogen-bond acceptors (Lipinski definition) is 3. The molecule has 5 heteroatoms. The summed E-state index contributed by atoms with van der Waals surface area (Å²) in [5.41, 5.74) is 9.17. The van der Waals surface area contributed by atoms with E-state index >= 15 is 0 Å². The molecule has 0 radical (unpaired) electrons. The highest BCUT2D eigenvalue weighted by Crippen LogP contribution is 2.53. The van der Waals surface area contributed by atoms with Crippen LogP contribution in [0.5, 0.6) is 17.2 Å². The number of hydrogen-bond donors (Lipinski definition) is 0. The van der Waals surface area contributed by atoms with Gasteiger partial charge < -0.3 is 26.6 Å². The van der Waals surface area contributed by atoms with Crippen molar-refractivity contribution in [2.24, 2.45) is 0 Å². The van der Waals surface area contributed by atoms with Gasteiger partial charge in [0.2, 0.25) is 0 Å². The Morgan fingerprint density at radius 3 is 0.597 bits per heavy atom. The fourth-order valence-electron chi connectivity index (χ4n) is 13.7. The third-order valence-electron chi connectivity index (χ3n) is 16.9. The van der Waals surface area contributed by atoms with Crippen LogP contribution < -0.4 is 26.6 Å². The minimum Gasteiger partial charge on any atom is -1.00 e. The van der Waals surface area contributed by atoms with Gasteiger partial charge >= 0.3 is 0 Å². The fraction of sp³-hybridized carbons (Fsp3) is 0.684. The van der Waals surface area contributed by atoms with Crippen molar-refractivity contribution < 1.29 is 26.6 Å². The van der Waals surface area contributed by atoms with Crippen LogP contribution in [-0.2, 0) is 10.9 Å². The fourth-order valence-corrected chi connectivity index (χ4v) is 16.0. The SMILES string of the molecule is COc1c(C2CCCCC2)cc([S+](c2cc(C3CCCCC3)c(OC)c(C3CCCCC3)c2)c2cc(C3CCCCC3)c(OC)c(C3CCCCC3)c2)cc1C1CCCCC1.[Cl-]. The highest BCUT2D eigenvalue weighted by molar-refractivity contribution is 7.97. The van der Waals surface area contributed by atoms with Crippen molar-refractivity contribution in [2.75, 3.05) is 21.3 Å². The van der Waals surface area contributed by atoms with E-state index < -0.39 is 0 Å². The Bertz CT molecular complexity index is 1550. The molecule has 0 atom stereocenters. The van der Waals surface area contributed by atoms with Crippen molar-refractivity contribution in [2.45, 2.75) is 243 Å². The largest absolute Gasteiger partial charge is 1.00 e. The second-order valence-corrected chi connectivity index (χ2v) is 22.7. The molecule has 0 heterocycles. The predicted octanol–water partition coefficient (Wildman–Crippen LogP) is 14.1. The molecule has 0 aliphatic heterocycles. The van der Waals surface area contributed by atoms with Crippen LogP contribution in [0.25, 0.3) is 0 Å². The summed E-state index contributed by atoms with van der Waals surface area (Å²) in [6.07, 6.45) is 39.8. The Morgan fingerprint density at radius 2 is 0.452 bits per heavy atom. The summed E-state index contributed by atoms with van der Waals surface area (Å²) in [4.78, 5) is 4.64. The quantitative estimate of drug-likeness (QED) is 0.170. The lowest BCUT2D eigenvalue weighted by atomic mass is 9.79. The zero-order chi connectivity index (χ0) is 41.5. The second kappa shape index (κ2) is 22.3. The van der Waals surface area contributed by atoms with E-state index in [1.165, 1.54) is 243 Å². The first kappa shape index (κ1) is 46.2. The van der Waals surface area contributed by atoms with Gasteiger partial charge in [0.1, 0.15) is 17.2 Å². The molecule has 6 saturated carbocycles. The van der Waals surface area contributed by atoms with Crippen LogP contribution in [0.3, 0.4) is 0 Å². The topological polar surface area (TPSA) is 27.7 Å². The highest BCUT2D eigenvalue weighted by Gasteiger charge is 2.40. The van der Waals surface area contributed by atoms with Gasteiger partial charge in [-0.05, 0) is 113 Å². The van der Waals surface area contributed by atoms with Crippen molar-refractivity contribution >= 4 is 10.9 Å². The van der Waals surface area contributed by atoms with Crippen LogP contribution in [-0.4, -0.2) is 21.3 Å². The van der Waals surface area contributed by atoms with Gasteiger partial charge in [0, 0.05) is 69.8 Å². The van der Waals surface area contributed by atoms with Gasteiger partial charge in [-0.15, -0.1) is 0 Å². The molecule has 3 nitrogen and oxygen atoms in total. The predicted molar refractivity (Wildman–Crippen MR) is 256 cm³/mol. The van der Waals surface area contributed by atoms with E-state index in [9.17, 15) is 0 Å². The number of methoxy groups -OCH3 is 3. The molecule has 340 valence electrons. The lowest BCUT2D eigenvalue weighted by Gasteiger charge is -2.31. The molecule has 0 saturated heterocycles. The summed E-state index contributed by atoms with van der Waals surface area (Å²) in [5.74, 6) is 7.20. The van der Waals surface area contributed by atoms with Crippen molar-refractivity contribution in [1.29, 1.82) is 0 Å². The molecule has 0 spiro atoms. The lowest BCUT2D eigenvalue weighted by Crippen LogP contribution is -3.00. The van der Waals surface area contributed by atoms with E-state index in [1.54, 1.807) is 14.7 Å². The summed E-state index contributed by atoms with van der Waals surface area (Å²) in [6.45, 7) is 0. The van der Waals surface area contributed by atoms with Crippen LogP contribution in [0.1, 0.15) is 262 Å². The third kappa shape index (κ3) is 10.1. The number of ether oxygens (including phenoxy) is 3. The molecular formula is C57H81ClO3S. The monoisotopic (exact) mass is 881 g/mol. The lowest BCUT2D eigenvalue weighted by molar-refractivity contribution is -0.0000133. The summed E-state index contributed by atoms with van der Waals surface area (Å²) >= 11 is 0. The molecule has 3 aromatic rings. The molecule has 3 aromatic carbocycles. The molecule has 6 aliphatic carbocycles. The Kier molecular flexibility index (Phi) is 16.6. The van der Waals surface area contributed by atoms with Gasteiger partial charge in [0.15, 0.2) is 14.7 Å². The molecular weight excluding hydrogens is 800 g/mol. The zero-order valence-corrected chi connectivity index (χ0v) is 40.7. The first-order chi connectivity index (χ1) is 30.1. The smallest absolute Gasteiger partial charge is 0.167 e. The third-order valence-corrected chi connectivity index (χ3v) is 19.1. The Hall–Kier alpha value is -2.30. The Labute approximate surface area is 386 Å². The van der Waals surface area contributed by atoms with E-state index in [2.05, 4.69) is 36.4 Å². The van der Waals surface area contributed by atoms with E-state index in [0.717, 1.165) is 0 Å². The number of rotatable bonds is 12. The maximum Gasteiger partial charge on any atom is 0.167 e. The van der Waals surface area contributed by atoms with E-state index in [-0.39, 0.29) is 23.3 Å². The van der Waals surface area contributed by atoms with Gasteiger partial charge in [0.05, 0.1) is 32.2 Å². The zero-order valence-electron chi connectivity index (χ0n) is 39.2. The van der Waals surface area contributed by atoms with Crippen LogP contribution in [0.2, 0.25) is 0 Å². The van der Waals surface area contributed by atoms with Gasteiger partial charge in [-0.1, -0.05) is 116 Å². The van der Waals surface area contributed by atoms with E-state index in [0.29, 0.717) is 35.5 Å². The average molecular weight is 882 g/mol. The van der Waals surface area contributed by atoms with E-state index in [4.69, 9.17) is 14.2 Å². The highest BCUT2D eigenvalue weighted by atomic mass is 35.5. The molecule has 62 heavy (non-hydrogen) atoms. The average Bonchev–Trinajstić information content (AvgIpc) is 3.34. The van der Waals surface area contributed by atoms with Crippen LogP contribution in [0, 0.1) is 0 Å². The van der Waals surface area contributed by atoms with Gasteiger partial charge in [-0.2, -0.15) is 0 Å². The first-order valence-corrected chi connectivity index (χ1v) is 27.3. The summed E-state index contributed by atoms with van der Waals surface area (Å²) in [7, 11) is 5.66. The maximum absolute atomic E-state index is 6.65. The molecule has 6 fully saturated rings. The van der Waals surface area contributed by atoms with E-state index in [1.807, 2.05) is 21.3 Å². The molecule has 9 rings (SSSR count). The molecule has 0 aromatic heterocycles. The van der Waals surface area contributed by atoms with Crippen molar-refractivity contribution in [3.63, 3.8) is 0 Å². The summed E-state index contributed by atoms with van der Waals surface area (Å²) < 4.78 is 20.0. The van der Waals surface area contributed by atoms with Crippen LogP contribution in [0.4, 0.5) is 0 Å². The standard InChI is InChI=1S/C57H81O3S.ClH/c1-58-55-49(40-22-10-4-11-23-40)34-46(35-50(55)41-24-12-5-13-25-41)61(47-36-51(42-26-14-6-15-27-42)56(59-2)52(37-47)43-28-16-7-17-29-43)48-38-53(44-30-18-8-19-31-44)57(60-3)54(39-48)45-32-20-9-21-33-45;/h34-45H,4-33H2,1-3H3;1H/q+1;/p-1. The molecule has 0 N–H and O–H groups in total. The van der Waals surface area contributed by atoms with Crippen LogP contribution >= 0.6 is 0 Å². The maximum atomic E-state index is 6.65. The summed E-state index contributed by atoms with van der Waals surface area (Å²) in [6, 6.07) is 16.3. The Morgan fingerprint density at radius 1 is 0.290 bits per heavy atom. The second-order valence-electron chi connectivity index (χ2n) is 20.7. The van der Waals surface area contributed by atoms with Crippen molar-refractivity contribution in [1.82, 2.24) is 0 Å². The van der Waals surface area contributed by atoms with Crippen LogP contribution in [0.15, 0.2) is 51.1 Å². The Balaban J connectivity index is 0.00000529. The van der Waals surface area contributed by atoms with Gasteiger partial charge in [-0.3, -0.25) is 0 Å².